The topological polar surface area (TPSA) is 72.8 Å². The van der Waals surface area contributed by atoms with Gasteiger partial charge in [0, 0.05) is 18.1 Å². The van der Waals surface area contributed by atoms with Crippen LogP contribution >= 0.6 is 0 Å². The minimum atomic E-state index is -0.404. The van der Waals surface area contributed by atoms with Crippen molar-refractivity contribution in [1.29, 1.82) is 0 Å². The van der Waals surface area contributed by atoms with Crippen LogP contribution in [-0.2, 0) is 17.7 Å². The van der Waals surface area contributed by atoms with Crippen molar-refractivity contribution >= 4 is 5.97 Å². The van der Waals surface area contributed by atoms with E-state index in [1.165, 1.54) is 0 Å². The van der Waals surface area contributed by atoms with Crippen molar-refractivity contribution in [2.45, 2.75) is 26.8 Å². The van der Waals surface area contributed by atoms with E-state index in [4.69, 9.17) is 4.74 Å². The van der Waals surface area contributed by atoms with Crippen LogP contribution in [-0.4, -0.2) is 32.6 Å². The van der Waals surface area contributed by atoms with E-state index >= 15 is 0 Å². The predicted molar refractivity (Wildman–Crippen MR) is 69.6 cm³/mol. The van der Waals surface area contributed by atoms with Gasteiger partial charge in [-0.3, -0.25) is 9.78 Å². The molecule has 6 nitrogen and oxygen atoms in total. The number of carbonyl (C=O) groups is 1. The van der Waals surface area contributed by atoms with Crippen LogP contribution in [0.15, 0.2) is 24.5 Å². The van der Waals surface area contributed by atoms with Crippen LogP contribution in [0.3, 0.4) is 0 Å². The van der Waals surface area contributed by atoms with Gasteiger partial charge in [0.1, 0.15) is 6.61 Å². The molecule has 0 amide bonds. The second-order valence-corrected chi connectivity index (χ2v) is 4.78. The molecule has 0 bridgehead atoms. The summed E-state index contributed by atoms with van der Waals surface area (Å²) in [6.45, 7) is 5.06. The lowest BCUT2D eigenvalue weighted by Gasteiger charge is -2.02. The normalized spacial score (nSPS) is 10.9. The predicted octanol–water partition coefficient (Wildman–Crippen LogP) is 1.66. The van der Waals surface area contributed by atoms with E-state index in [0.717, 1.165) is 12.1 Å². The van der Waals surface area contributed by atoms with Crippen LogP contribution in [0.2, 0.25) is 0 Å². The second-order valence-electron chi connectivity index (χ2n) is 4.78. The molecule has 2 rings (SSSR count). The smallest absolute Gasteiger partial charge is 0.358 e. The Bertz CT molecular complexity index is 516. The molecule has 0 unspecified atom stereocenters. The van der Waals surface area contributed by atoms with Gasteiger partial charge in [-0.2, -0.15) is 10.2 Å². The van der Waals surface area contributed by atoms with Gasteiger partial charge >= 0.3 is 5.97 Å². The Morgan fingerprint density at radius 3 is 3.05 bits per heavy atom. The average molecular weight is 262 g/mol. The number of nitrogens with one attached hydrogen (secondary N) is 1. The highest BCUT2D eigenvalue weighted by Crippen LogP contribution is 2.07. The lowest BCUT2D eigenvalue weighted by Crippen LogP contribution is -2.12. The Labute approximate surface area is 111 Å². The molecule has 0 aliphatic carbocycles. The number of hydrogen-bond acceptors (Lipinski definition) is 4. The number of ether oxygens (including phenoxy) is 1. The van der Waals surface area contributed by atoms with E-state index in [1.54, 1.807) is 16.9 Å². The van der Waals surface area contributed by atoms with Gasteiger partial charge in [-0.1, -0.05) is 13.8 Å². The highest BCUT2D eigenvalue weighted by atomic mass is 16.5. The highest BCUT2D eigenvalue weighted by molar-refractivity contribution is 5.87. The monoisotopic (exact) mass is 262 g/mol. The van der Waals surface area contributed by atoms with Gasteiger partial charge in [-0.05, 0) is 24.5 Å². The Hall–Kier alpha value is -2.11. The molecule has 0 fully saturated rings. The molecule has 1 N–H and O–H groups in total. The molecule has 6 heteroatoms. The van der Waals surface area contributed by atoms with Crippen molar-refractivity contribution in [3.63, 3.8) is 0 Å². The third kappa shape index (κ3) is 3.94. The summed E-state index contributed by atoms with van der Waals surface area (Å²) >= 11 is 0. The molecule has 2 heterocycles. The molecule has 19 heavy (non-hydrogen) atoms. The first-order valence-electron chi connectivity index (χ1n) is 6.34. The molecule has 0 saturated carbocycles. The second kappa shape index (κ2) is 6.17. The van der Waals surface area contributed by atoms with Crippen molar-refractivity contribution in [3.05, 3.63) is 35.9 Å². The fraction of sp³-hybridized carbons (Fsp3) is 0.462. The summed E-state index contributed by atoms with van der Waals surface area (Å²) in [6, 6.07) is 3.57. The summed E-state index contributed by atoms with van der Waals surface area (Å²) in [5.74, 6) is 0.113. The van der Waals surface area contributed by atoms with Crippen LogP contribution in [0.4, 0.5) is 0 Å². The zero-order valence-electron chi connectivity index (χ0n) is 11.2. The lowest BCUT2D eigenvalue weighted by atomic mass is 10.1. The summed E-state index contributed by atoms with van der Waals surface area (Å²) in [6.07, 6.45) is 4.38. The molecule has 0 atom stereocenters. The Kier molecular flexibility index (Phi) is 4.33. The van der Waals surface area contributed by atoms with Crippen LogP contribution in [0.25, 0.3) is 0 Å². The number of nitrogens with zero attached hydrogens (tertiary/aromatic N) is 3. The Morgan fingerprint density at radius 1 is 1.53 bits per heavy atom. The molecule has 0 aliphatic rings. The quantitative estimate of drug-likeness (QED) is 0.804. The summed E-state index contributed by atoms with van der Waals surface area (Å²) in [5.41, 5.74) is 1.28. The fourth-order valence-electron chi connectivity index (χ4n) is 1.75. The number of aromatic nitrogens is 4. The van der Waals surface area contributed by atoms with Crippen molar-refractivity contribution in [2.24, 2.45) is 5.92 Å². The molecule has 102 valence electrons. The van der Waals surface area contributed by atoms with Crippen molar-refractivity contribution < 1.29 is 9.53 Å². The van der Waals surface area contributed by atoms with Gasteiger partial charge in [0.25, 0.3) is 0 Å². The maximum Gasteiger partial charge on any atom is 0.358 e. The van der Waals surface area contributed by atoms with Gasteiger partial charge in [-0.15, -0.1) is 0 Å². The number of carbonyl (C=O) groups excluding carboxylic acids is 1. The summed E-state index contributed by atoms with van der Waals surface area (Å²) in [4.78, 5) is 11.7. The maximum absolute atomic E-state index is 11.7. The Balaban J connectivity index is 1.81. The van der Waals surface area contributed by atoms with Crippen LogP contribution < -0.4 is 0 Å². The molecule has 2 aromatic rings. The number of hydrogen-bond donors (Lipinski definition) is 1. The van der Waals surface area contributed by atoms with Crippen LogP contribution in [0, 0.1) is 5.92 Å². The zero-order chi connectivity index (χ0) is 13.7. The minimum absolute atomic E-state index is 0.285. The molecular weight excluding hydrogens is 244 g/mol. The van der Waals surface area contributed by atoms with Gasteiger partial charge < -0.3 is 4.74 Å². The first-order chi connectivity index (χ1) is 9.15. The van der Waals surface area contributed by atoms with Gasteiger partial charge in [0.15, 0.2) is 5.69 Å². The SMILES string of the molecule is CC(C)Cc1cc(C(=O)OCCn2cccn2)n[nH]1. The van der Waals surface area contributed by atoms with Crippen molar-refractivity contribution in [1.82, 2.24) is 20.0 Å². The third-order valence-corrected chi connectivity index (χ3v) is 2.58. The molecule has 2 aromatic heterocycles. The molecule has 0 radical (unpaired) electrons. The van der Waals surface area contributed by atoms with E-state index in [2.05, 4.69) is 29.1 Å². The first-order valence-corrected chi connectivity index (χ1v) is 6.34. The minimum Gasteiger partial charge on any atom is -0.459 e. The van der Waals surface area contributed by atoms with Crippen molar-refractivity contribution in [2.75, 3.05) is 6.61 Å². The fourth-order valence-corrected chi connectivity index (χ4v) is 1.75. The van der Waals surface area contributed by atoms with E-state index in [0.29, 0.717) is 18.2 Å². The summed E-state index contributed by atoms with van der Waals surface area (Å²) < 4.78 is 6.85. The molecular formula is C13H18N4O2. The molecule has 0 aromatic carbocycles. The van der Waals surface area contributed by atoms with E-state index in [1.807, 2.05) is 12.3 Å². The number of rotatable bonds is 6. The molecule has 0 saturated heterocycles. The highest BCUT2D eigenvalue weighted by Gasteiger charge is 2.12. The Morgan fingerprint density at radius 2 is 2.37 bits per heavy atom. The number of aromatic amines is 1. The van der Waals surface area contributed by atoms with E-state index in [-0.39, 0.29) is 6.61 Å². The maximum atomic E-state index is 11.7. The van der Waals surface area contributed by atoms with Crippen molar-refractivity contribution in [3.8, 4) is 0 Å². The average Bonchev–Trinajstić information content (AvgIpc) is 2.99. The van der Waals surface area contributed by atoms with Crippen LogP contribution in [0.1, 0.15) is 30.0 Å². The molecule has 0 spiro atoms. The summed E-state index contributed by atoms with van der Waals surface area (Å²) in [5, 5.41) is 10.8. The molecule has 0 aliphatic heterocycles. The van der Waals surface area contributed by atoms with Gasteiger partial charge in [-0.25, -0.2) is 4.79 Å². The number of esters is 1. The standard InChI is InChI=1S/C13H18N4O2/c1-10(2)8-11-9-12(16-15-11)13(18)19-7-6-17-5-3-4-14-17/h3-5,9-10H,6-8H2,1-2H3,(H,15,16). The van der Waals surface area contributed by atoms with E-state index < -0.39 is 5.97 Å². The van der Waals surface area contributed by atoms with Gasteiger partial charge in [0.05, 0.1) is 6.54 Å². The largest absolute Gasteiger partial charge is 0.459 e. The number of H-pyrrole nitrogens is 1. The third-order valence-electron chi connectivity index (χ3n) is 2.58. The zero-order valence-corrected chi connectivity index (χ0v) is 11.2. The van der Waals surface area contributed by atoms with Crippen LogP contribution in [0.5, 0.6) is 0 Å². The summed E-state index contributed by atoms with van der Waals surface area (Å²) in [7, 11) is 0. The van der Waals surface area contributed by atoms with E-state index in [9.17, 15) is 4.79 Å². The first kappa shape index (κ1) is 13.3. The van der Waals surface area contributed by atoms with Gasteiger partial charge in [0.2, 0.25) is 0 Å². The lowest BCUT2D eigenvalue weighted by molar-refractivity contribution is 0.0480.